The lowest BCUT2D eigenvalue weighted by Gasteiger charge is -2.23. The first-order valence-corrected chi connectivity index (χ1v) is 7.25. The fraction of sp³-hybridized carbons (Fsp3) is 0.600. The molecular weight excluding hydrogens is 322 g/mol. The number of hydrogen-bond acceptors (Lipinski definition) is 2. The van der Waals surface area contributed by atoms with Gasteiger partial charge in [0, 0.05) is 19.6 Å². The molecule has 130 valence electrons. The minimum absolute atomic E-state index is 0.000814. The van der Waals surface area contributed by atoms with Crippen LogP contribution in [0.2, 0.25) is 0 Å². The predicted octanol–water partition coefficient (Wildman–Crippen LogP) is 3.86. The lowest BCUT2D eigenvalue weighted by molar-refractivity contribution is -0.143. The zero-order chi connectivity index (χ0) is 17.3. The maximum Gasteiger partial charge on any atom is 0.416 e. The smallest absolute Gasteiger partial charge is 0.305 e. The van der Waals surface area contributed by atoms with Crippen LogP contribution >= 0.6 is 0 Å². The standard InChI is InChI=1S/C15H18F6N2/c1-22-5-2-6-23(8-7-22)10-11-3-4-12(14(16,17)18)9-13(11)15(19,20)21/h3-4,9H,2,5-8,10H2,1H3. The average molecular weight is 340 g/mol. The molecule has 1 aliphatic rings. The van der Waals surface area contributed by atoms with Crippen LogP contribution in [0.25, 0.3) is 0 Å². The number of hydrogen-bond donors (Lipinski definition) is 0. The first-order valence-electron chi connectivity index (χ1n) is 7.25. The van der Waals surface area contributed by atoms with Gasteiger partial charge in [0.2, 0.25) is 0 Å². The van der Waals surface area contributed by atoms with Crippen molar-refractivity contribution in [1.82, 2.24) is 9.80 Å². The summed E-state index contributed by atoms with van der Waals surface area (Å²) in [4.78, 5) is 3.93. The molecule has 1 aromatic rings. The normalized spacial score (nSPS) is 18.9. The van der Waals surface area contributed by atoms with Gasteiger partial charge in [0.05, 0.1) is 11.1 Å². The Kier molecular flexibility index (Phi) is 5.25. The molecule has 0 spiro atoms. The number of benzene rings is 1. The van der Waals surface area contributed by atoms with Crippen LogP contribution in [0.3, 0.4) is 0 Å². The van der Waals surface area contributed by atoms with E-state index in [0.29, 0.717) is 19.2 Å². The van der Waals surface area contributed by atoms with Crippen LogP contribution < -0.4 is 0 Å². The largest absolute Gasteiger partial charge is 0.416 e. The van der Waals surface area contributed by atoms with Gasteiger partial charge in [0.15, 0.2) is 0 Å². The fourth-order valence-corrected chi connectivity index (χ4v) is 2.65. The highest BCUT2D eigenvalue weighted by Crippen LogP contribution is 2.37. The summed E-state index contributed by atoms with van der Waals surface area (Å²) >= 11 is 0. The third-order valence-corrected chi connectivity index (χ3v) is 3.95. The third kappa shape index (κ3) is 4.84. The van der Waals surface area contributed by atoms with Gasteiger partial charge in [-0.1, -0.05) is 6.07 Å². The molecule has 1 saturated heterocycles. The van der Waals surface area contributed by atoms with Crippen molar-refractivity contribution in [3.8, 4) is 0 Å². The van der Waals surface area contributed by atoms with Crippen LogP contribution in [0.4, 0.5) is 26.3 Å². The van der Waals surface area contributed by atoms with Crippen LogP contribution in [-0.4, -0.2) is 43.0 Å². The Hall–Kier alpha value is -1.28. The fourth-order valence-electron chi connectivity index (χ4n) is 2.65. The Balaban J connectivity index is 2.27. The van der Waals surface area contributed by atoms with Crippen molar-refractivity contribution in [3.05, 3.63) is 34.9 Å². The summed E-state index contributed by atoms with van der Waals surface area (Å²) in [5.41, 5.74) is -2.59. The van der Waals surface area contributed by atoms with E-state index in [4.69, 9.17) is 0 Å². The molecule has 23 heavy (non-hydrogen) atoms. The van der Waals surface area contributed by atoms with Crippen molar-refractivity contribution < 1.29 is 26.3 Å². The lowest BCUT2D eigenvalue weighted by Crippen LogP contribution is -2.29. The maximum absolute atomic E-state index is 13.1. The van der Waals surface area contributed by atoms with E-state index >= 15 is 0 Å². The van der Waals surface area contributed by atoms with Gasteiger partial charge in [-0.15, -0.1) is 0 Å². The van der Waals surface area contributed by atoms with E-state index in [9.17, 15) is 26.3 Å². The van der Waals surface area contributed by atoms with Crippen molar-refractivity contribution in [3.63, 3.8) is 0 Å². The molecule has 1 aromatic carbocycles. The highest BCUT2D eigenvalue weighted by molar-refractivity contribution is 5.35. The highest BCUT2D eigenvalue weighted by Gasteiger charge is 2.38. The molecule has 0 N–H and O–H groups in total. The molecule has 2 rings (SSSR count). The van der Waals surface area contributed by atoms with E-state index in [1.54, 1.807) is 0 Å². The highest BCUT2D eigenvalue weighted by atomic mass is 19.4. The number of rotatable bonds is 2. The number of halogens is 6. The molecular formula is C15H18F6N2. The molecule has 0 radical (unpaired) electrons. The van der Waals surface area contributed by atoms with Crippen molar-refractivity contribution in [1.29, 1.82) is 0 Å². The molecule has 1 fully saturated rings. The van der Waals surface area contributed by atoms with Crippen LogP contribution in [0.5, 0.6) is 0 Å². The monoisotopic (exact) mass is 340 g/mol. The van der Waals surface area contributed by atoms with Crippen LogP contribution in [0.15, 0.2) is 18.2 Å². The van der Waals surface area contributed by atoms with E-state index in [1.165, 1.54) is 0 Å². The summed E-state index contributed by atoms with van der Waals surface area (Å²) in [7, 11) is 1.93. The molecule has 1 heterocycles. The van der Waals surface area contributed by atoms with Crippen LogP contribution in [0, 0.1) is 0 Å². The van der Waals surface area contributed by atoms with Crippen molar-refractivity contribution in [2.45, 2.75) is 25.3 Å². The molecule has 0 bridgehead atoms. The molecule has 8 heteroatoms. The zero-order valence-corrected chi connectivity index (χ0v) is 12.6. The predicted molar refractivity (Wildman–Crippen MR) is 73.8 cm³/mol. The van der Waals surface area contributed by atoms with Gasteiger partial charge in [-0.2, -0.15) is 26.3 Å². The minimum atomic E-state index is -4.81. The summed E-state index contributed by atoms with van der Waals surface area (Å²) in [6, 6.07) is 1.87. The van der Waals surface area contributed by atoms with Crippen molar-refractivity contribution >= 4 is 0 Å². The van der Waals surface area contributed by atoms with Gasteiger partial charge in [-0.25, -0.2) is 0 Å². The third-order valence-electron chi connectivity index (χ3n) is 3.95. The van der Waals surface area contributed by atoms with E-state index in [2.05, 4.69) is 4.90 Å². The summed E-state index contributed by atoms with van der Waals surface area (Å²) in [6.07, 6.45) is -8.78. The second-order valence-corrected chi connectivity index (χ2v) is 5.80. The van der Waals surface area contributed by atoms with Gasteiger partial charge in [-0.3, -0.25) is 4.90 Å². The van der Waals surface area contributed by atoms with Gasteiger partial charge in [0.25, 0.3) is 0 Å². The molecule has 0 unspecified atom stereocenters. The first-order chi connectivity index (χ1) is 10.6. The van der Waals surface area contributed by atoms with Crippen LogP contribution in [0.1, 0.15) is 23.1 Å². The summed E-state index contributed by atoms with van der Waals surface area (Å²) < 4.78 is 77.3. The molecule has 2 nitrogen and oxygen atoms in total. The Labute approximate surface area is 130 Å². The minimum Gasteiger partial charge on any atom is -0.305 e. The quantitative estimate of drug-likeness (QED) is 0.755. The molecule has 0 saturated carbocycles. The number of nitrogens with zero attached hydrogens (tertiary/aromatic N) is 2. The van der Waals surface area contributed by atoms with Gasteiger partial charge < -0.3 is 4.90 Å². The molecule has 0 aromatic heterocycles. The average Bonchev–Trinajstić information content (AvgIpc) is 2.62. The Morgan fingerprint density at radius 3 is 2.22 bits per heavy atom. The van der Waals surface area contributed by atoms with Gasteiger partial charge in [-0.05, 0) is 44.3 Å². The zero-order valence-electron chi connectivity index (χ0n) is 12.6. The van der Waals surface area contributed by atoms with E-state index in [0.717, 1.165) is 25.6 Å². The maximum atomic E-state index is 13.1. The van der Waals surface area contributed by atoms with Gasteiger partial charge >= 0.3 is 12.4 Å². The molecule has 0 aliphatic carbocycles. The van der Waals surface area contributed by atoms with E-state index < -0.39 is 23.5 Å². The topological polar surface area (TPSA) is 6.48 Å². The number of alkyl halides is 6. The molecule has 0 amide bonds. The lowest BCUT2D eigenvalue weighted by atomic mass is 10.0. The summed E-state index contributed by atoms with van der Waals surface area (Å²) in [5, 5.41) is 0. The number of likely N-dealkylation sites (N-methyl/N-ethyl adjacent to an activating group) is 1. The first kappa shape index (κ1) is 18.1. The second-order valence-electron chi connectivity index (χ2n) is 5.80. The Morgan fingerprint density at radius 2 is 1.61 bits per heavy atom. The Morgan fingerprint density at radius 1 is 0.913 bits per heavy atom. The van der Waals surface area contributed by atoms with Crippen molar-refractivity contribution in [2.75, 3.05) is 33.2 Å². The molecule has 1 aliphatic heterocycles. The van der Waals surface area contributed by atoms with Crippen LogP contribution in [-0.2, 0) is 18.9 Å². The van der Waals surface area contributed by atoms with Gasteiger partial charge in [0.1, 0.15) is 0 Å². The van der Waals surface area contributed by atoms with E-state index in [-0.39, 0.29) is 18.2 Å². The van der Waals surface area contributed by atoms with Crippen molar-refractivity contribution in [2.24, 2.45) is 0 Å². The summed E-state index contributed by atoms with van der Waals surface area (Å²) in [5.74, 6) is 0. The SMILES string of the molecule is CN1CCCN(Cc2ccc(C(F)(F)F)cc2C(F)(F)F)CC1. The second kappa shape index (κ2) is 6.68. The Bertz CT molecular complexity index is 538. The molecule has 0 atom stereocenters. The van der Waals surface area contributed by atoms with E-state index in [1.807, 2.05) is 11.9 Å². The summed E-state index contributed by atoms with van der Waals surface area (Å²) in [6.45, 7) is 2.80.